The van der Waals surface area contributed by atoms with Gasteiger partial charge < -0.3 is 25.2 Å². The summed E-state index contributed by atoms with van der Waals surface area (Å²) in [6, 6.07) is -0.376. The standard InChI is InChI=1S/C12H22N2O5/c1-12(2)8(5-9(12)19-4)14-11(17)13-6-7(18-3)10(15)16/h7-9H,5-6H2,1-4H3,(H,15,16)(H2,13,14,17). The van der Waals surface area contributed by atoms with E-state index in [1.54, 1.807) is 7.11 Å². The molecule has 7 heteroatoms. The molecular formula is C12H22N2O5. The van der Waals surface area contributed by atoms with Gasteiger partial charge in [0.15, 0.2) is 6.10 Å². The Balaban J connectivity index is 2.35. The van der Waals surface area contributed by atoms with E-state index in [4.69, 9.17) is 14.6 Å². The minimum absolute atomic E-state index is 0.0169. The van der Waals surface area contributed by atoms with Crippen molar-refractivity contribution < 1.29 is 24.2 Å². The van der Waals surface area contributed by atoms with Crippen LogP contribution in [0.1, 0.15) is 20.3 Å². The summed E-state index contributed by atoms with van der Waals surface area (Å²) in [5.74, 6) is -1.11. The monoisotopic (exact) mass is 274 g/mol. The number of hydrogen-bond acceptors (Lipinski definition) is 4. The third-order valence-corrected chi connectivity index (χ3v) is 3.78. The molecule has 1 fully saturated rings. The number of carbonyl (C=O) groups excluding carboxylic acids is 1. The van der Waals surface area contributed by atoms with Crippen LogP contribution in [0.2, 0.25) is 0 Å². The highest BCUT2D eigenvalue weighted by Crippen LogP contribution is 2.42. The predicted molar refractivity (Wildman–Crippen MR) is 68.0 cm³/mol. The van der Waals surface area contributed by atoms with Gasteiger partial charge in [-0.1, -0.05) is 13.8 Å². The number of urea groups is 1. The zero-order valence-corrected chi connectivity index (χ0v) is 11.7. The first kappa shape index (κ1) is 15.7. The first-order valence-electron chi connectivity index (χ1n) is 6.15. The number of amides is 2. The molecule has 3 unspecified atom stereocenters. The van der Waals surface area contributed by atoms with Crippen molar-refractivity contribution in [3.63, 3.8) is 0 Å². The lowest BCUT2D eigenvalue weighted by Gasteiger charge is -2.51. The second kappa shape index (κ2) is 6.21. The quantitative estimate of drug-likeness (QED) is 0.643. The normalized spacial score (nSPS) is 26.1. The number of hydrogen-bond donors (Lipinski definition) is 3. The van der Waals surface area contributed by atoms with Crippen LogP contribution in [0.4, 0.5) is 4.79 Å². The first-order chi connectivity index (χ1) is 8.82. The van der Waals surface area contributed by atoms with E-state index in [1.165, 1.54) is 7.11 Å². The van der Waals surface area contributed by atoms with Gasteiger partial charge in [0.1, 0.15) is 0 Å². The molecule has 1 aliphatic carbocycles. The van der Waals surface area contributed by atoms with Crippen molar-refractivity contribution in [1.29, 1.82) is 0 Å². The lowest BCUT2D eigenvalue weighted by Crippen LogP contribution is -2.63. The highest BCUT2D eigenvalue weighted by molar-refractivity contribution is 5.77. The number of carboxylic acids is 1. The van der Waals surface area contributed by atoms with Crippen LogP contribution in [0.5, 0.6) is 0 Å². The van der Waals surface area contributed by atoms with E-state index in [2.05, 4.69) is 10.6 Å². The van der Waals surface area contributed by atoms with Crippen LogP contribution in [0, 0.1) is 5.41 Å². The molecule has 19 heavy (non-hydrogen) atoms. The molecule has 2 amide bonds. The first-order valence-corrected chi connectivity index (χ1v) is 6.15. The van der Waals surface area contributed by atoms with Crippen LogP contribution in [0.25, 0.3) is 0 Å². The van der Waals surface area contributed by atoms with Gasteiger partial charge in [-0.05, 0) is 6.42 Å². The average molecular weight is 274 g/mol. The lowest BCUT2D eigenvalue weighted by molar-refractivity contribution is -0.148. The van der Waals surface area contributed by atoms with Crippen molar-refractivity contribution in [2.75, 3.05) is 20.8 Å². The Hall–Kier alpha value is -1.34. The van der Waals surface area contributed by atoms with Gasteiger partial charge in [-0.25, -0.2) is 9.59 Å². The van der Waals surface area contributed by atoms with Crippen molar-refractivity contribution in [2.24, 2.45) is 5.41 Å². The molecular weight excluding hydrogens is 252 g/mol. The summed E-state index contributed by atoms with van der Waals surface area (Å²) in [6.07, 6.45) is -0.153. The molecule has 0 saturated heterocycles. The highest BCUT2D eigenvalue weighted by atomic mass is 16.5. The SMILES string of the molecule is COC(CNC(=O)NC1CC(OC)C1(C)C)C(=O)O. The van der Waals surface area contributed by atoms with Gasteiger partial charge in [0.2, 0.25) is 0 Å². The Bertz CT molecular complexity index is 345. The summed E-state index contributed by atoms with van der Waals surface area (Å²) < 4.78 is 10.0. The zero-order valence-electron chi connectivity index (χ0n) is 11.7. The molecule has 0 aliphatic heterocycles. The summed E-state index contributed by atoms with van der Waals surface area (Å²) in [6.45, 7) is 3.97. The fraction of sp³-hybridized carbons (Fsp3) is 0.833. The molecule has 1 saturated carbocycles. The summed E-state index contributed by atoms with van der Waals surface area (Å²) in [4.78, 5) is 22.4. The fourth-order valence-electron chi connectivity index (χ4n) is 2.20. The van der Waals surface area contributed by atoms with Crippen LogP contribution in [0.15, 0.2) is 0 Å². The van der Waals surface area contributed by atoms with E-state index in [1.807, 2.05) is 13.8 Å². The van der Waals surface area contributed by atoms with E-state index in [-0.39, 0.29) is 24.1 Å². The average Bonchev–Trinajstić information content (AvgIpc) is 2.34. The maximum atomic E-state index is 11.7. The largest absolute Gasteiger partial charge is 0.479 e. The van der Waals surface area contributed by atoms with Gasteiger partial charge in [-0.15, -0.1) is 0 Å². The molecule has 0 spiro atoms. The van der Waals surface area contributed by atoms with Gasteiger partial charge in [-0.3, -0.25) is 0 Å². The highest BCUT2D eigenvalue weighted by Gasteiger charge is 2.49. The van der Waals surface area contributed by atoms with E-state index < -0.39 is 18.1 Å². The van der Waals surface area contributed by atoms with Gasteiger partial charge in [0.05, 0.1) is 12.6 Å². The molecule has 3 atom stereocenters. The minimum Gasteiger partial charge on any atom is -0.479 e. The third kappa shape index (κ3) is 3.57. The predicted octanol–water partition coefficient (Wildman–Crippen LogP) is 0.199. The zero-order chi connectivity index (χ0) is 14.6. The van der Waals surface area contributed by atoms with Crippen molar-refractivity contribution in [3.8, 4) is 0 Å². The van der Waals surface area contributed by atoms with E-state index in [9.17, 15) is 9.59 Å². The van der Waals surface area contributed by atoms with Gasteiger partial charge in [0.25, 0.3) is 0 Å². The summed E-state index contributed by atoms with van der Waals surface area (Å²) in [7, 11) is 2.94. The van der Waals surface area contributed by atoms with Crippen LogP contribution in [0.3, 0.4) is 0 Å². The van der Waals surface area contributed by atoms with Gasteiger partial charge in [0, 0.05) is 25.7 Å². The topological polar surface area (TPSA) is 96.9 Å². The molecule has 1 aliphatic rings. The summed E-state index contributed by atoms with van der Waals surface area (Å²) >= 11 is 0. The number of carboxylic acid groups (broad SMARTS) is 1. The second-order valence-electron chi connectivity index (χ2n) is 5.25. The van der Waals surface area contributed by atoms with Crippen LogP contribution in [-0.2, 0) is 14.3 Å². The van der Waals surface area contributed by atoms with Crippen molar-refractivity contribution in [2.45, 2.75) is 38.5 Å². The van der Waals surface area contributed by atoms with Crippen molar-refractivity contribution >= 4 is 12.0 Å². The van der Waals surface area contributed by atoms with Crippen molar-refractivity contribution in [3.05, 3.63) is 0 Å². The molecule has 7 nitrogen and oxygen atoms in total. The molecule has 110 valence electrons. The number of rotatable bonds is 6. The van der Waals surface area contributed by atoms with E-state index in [0.29, 0.717) is 0 Å². The molecule has 1 rings (SSSR count). The molecule has 0 radical (unpaired) electrons. The maximum Gasteiger partial charge on any atom is 0.334 e. The lowest BCUT2D eigenvalue weighted by atomic mass is 9.64. The van der Waals surface area contributed by atoms with E-state index >= 15 is 0 Å². The van der Waals surface area contributed by atoms with E-state index in [0.717, 1.165) is 6.42 Å². The molecule has 0 aromatic heterocycles. The molecule has 0 aromatic rings. The summed E-state index contributed by atoms with van der Waals surface area (Å²) in [5.41, 5.74) is -0.125. The Morgan fingerprint density at radius 1 is 1.42 bits per heavy atom. The van der Waals surface area contributed by atoms with Gasteiger partial charge in [-0.2, -0.15) is 0 Å². The van der Waals surface area contributed by atoms with Crippen molar-refractivity contribution in [1.82, 2.24) is 10.6 Å². The van der Waals surface area contributed by atoms with Crippen LogP contribution >= 0.6 is 0 Å². The van der Waals surface area contributed by atoms with Crippen LogP contribution in [-0.4, -0.2) is 56.1 Å². The maximum absolute atomic E-state index is 11.7. The Morgan fingerprint density at radius 2 is 2.05 bits per heavy atom. The number of methoxy groups -OCH3 is 2. The molecule has 0 aromatic carbocycles. The second-order valence-corrected chi connectivity index (χ2v) is 5.25. The van der Waals surface area contributed by atoms with Gasteiger partial charge >= 0.3 is 12.0 Å². The number of carbonyl (C=O) groups is 2. The Morgan fingerprint density at radius 3 is 2.47 bits per heavy atom. The minimum atomic E-state index is -1.11. The van der Waals surface area contributed by atoms with Crippen LogP contribution < -0.4 is 10.6 Å². The summed E-state index contributed by atoms with van der Waals surface area (Å²) in [5, 5.41) is 14.1. The number of aliphatic carboxylic acids is 1. The number of ether oxygens (including phenoxy) is 2. The fourth-order valence-corrected chi connectivity index (χ4v) is 2.20. The third-order valence-electron chi connectivity index (χ3n) is 3.78. The Kier molecular flexibility index (Phi) is 5.13. The smallest absolute Gasteiger partial charge is 0.334 e. The molecule has 0 bridgehead atoms. The molecule has 3 N–H and O–H groups in total. The molecule has 0 heterocycles. The Labute approximate surface area is 112 Å². The number of nitrogens with one attached hydrogen (secondary N) is 2.